The quantitative estimate of drug-likeness (QED) is 0.669. The molecule has 3 unspecified atom stereocenters. The molecule has 1 fully saturated rings. The molecular weight excluding hydrogens is 138 g/mol. The monoisotopic (exact) mass is 157 g/mol. The van der Waals surface area contributed by atoms with Crippen LogP contribution >= 0.6 is 0 Å². The molecule has 0 aromatic heterocycles. The van der Waals surface area contributed by atoms with Crippen LogP contribution in [0.1, 0.15) is 27.2 Å². The Labute approximate surface area is 69.1 Å². The van der Waals surface area contributed by atoms with Gasteiger partial charge in [0.2, 0.25) is 0 Å². The molecule has 1 aliphatic carbocycles. The second kappa shape index (κ2) is 3.11. The summed E-state index contributed by atoms with van der Waals surface area (Å²) in [6.45, 7) is 7.84. The highest BCUT2D eigenvalue weighted by Gasteiger charge is 2.47. The summed E-state index contributed by atoms with van der Waals surface area (Å²) >= 11 is 0. The SMILES string of the molecule is CCOC(C)(CN)C1CC1C. The van der Waals surface area contributed by atoms with Crippen LogP contribution in [0, 0.1) is 11.8 Å². The van der Waals surface area contributed by atoms with Crippen LogP contribution in [0.5, 0.6) is 0 Å². The van der Waals surface area contributed by atoms with Crippen molar-refractivity contribution in [2.45, 2.75) is 32.8 Å². The highest BCUT2D eigenvalue weighted by atomic mass is 16.5. The summed E-state index contributed by atoms with van der Waals surface area (Å²) in [5.41, 5.74) is 5.62. The van der Waals surface area contributed by atoms with Gasteiger partial charge in [0.25, 0.3) is 0 Å². The molecule has 0 aromatic carbocycles. The van der Waals surface area contributed by atoms with Crippen LogP contribution in [0.3, 0.4) is 0 Å². The number of hydrogen-bond donors (Lipinski definition) is 1. The van der Waals surface area contributed by atoms with Crippen molar-refractivity contribution in [2.24, 2.45) is 17.6 Å². The fraction of sp³-hybridized carbons (Fsp3) is 1.00. The van der Waals surface area contributed by atoms with Crippen LogP contribution in [0.4, 0.5) is 0 Å². The second-order valence-corrected chi connectivity index (χ2v) is 3.77. The van der Waals surface area contributed by atoms with E-state index in [0.717, 1.165) is 12.5 Å². The molecule has 0 aliphatic heterocycles. The minimum absolute atomic E-state index is 0.0475. The van der Waals surface area contributed by atoms with Crippen LogP contribution in [-0.2, 0) is 4.74 Å². The first-order valence-corrected chi connectivity index (χ1v) is 4.48. The maximum atomic E-state index is 5.67. The third-order valence-electron chi connectivity index (χ3n) is 2.77. The van der Waals surface area contributed by atoms with Crippen LogP contribution in [-0.4, -0.2) is 18.8 Å². The van der Waals surface area contributed by atoms with Crippen LogP contribution in [0.15, 0.2) is 0 Å². The Morgan fingerprint density at radius 3 is 2.45 bits per heavy atom. The summed E-state index contributed by atoms with van der Waals surface area (Å²) in [6.07, 6.45) is 1.29. The molecule has 2 nitrogen and oxygen atoms in total. The third kappa shape index (κ3) is 1.74. The predicted octanol–water partition coefficient (Wildman–Crippen LogP) is 1.40. The van der Waals surface area contributed by atoms with Crippen molar-refractivity contribution in [3.63, 3.8) is 0 Å². The molecular formula is C9H19NO. The zero-order valence-corrected chi connectivity index (χ0v) is 7.76. The van der Waals surface area contributed by atoms with Crippen molar-refractivity contribution in [3.8, 4) is 0 Å². The van der Waals surface area contributed by atoms with E-state index in [1.54, 1.807) is 0 Å². The number of ether oxygens (including phenoxy) is 1. The molecule has 11 heavy (non-hydrogen) atoms. The van der Waals surface area contributed by atoms with E-state index in [2.05, 4.69) is 13.8 Å². The van der Waals surface area contributed by atoms with Gasteiger partial charge in [0.1, 0.15) is 0 Å². The molecule has 1 saturated carbocycles. The molecule has 0 heterocycles. The van der Waals surface area contributed by atoms with E-state index in [9.17, 15) is 0 Å². The van der Waals surface area contributed by atoms with Gasteiger partial charge in [0.05, 0.1) is 5.60 Å². The van der Waals surface area contributed by atoms with Gasteiger partial charge in [-0.1, -0.05) is 6.92 Å². The smallest absolute Gasteiger partial charge is 0.0806 e. The predicted molar refractivity (Wildman–Crippen MR) is 46.4 cm³/mol. The van der Waals surface area contributed by atoms with Crippen molar-refractivity contribution >= 4 is 0 Å². The topological polar surface area (TPSA) is 35.2 Å². The average molecular weight is 157 g/mol. The highest BCUT2D eigenvalue weighted by molar-refractivity contribution is 4.98. The van der Waals surface area contributed by atoms with E-state index in [1.165, 1.54) is 6.42 Å². The van der Waals surface area contributed by atoms with Crippen molar-refractivity contribution < 1.29 is 4.74 Å². The first-order chi connectivity index (χ1) is 5.14. The zero-order chi connectivity index (χ0) is 8.48. The molecule has 3 atom stereocenters. The van der Waals surface area contributed by atoms with Gasteiger partial charge in [-0.3, -0.25) is 0 Å². The van der Waals surface area contributed by atoms with E-state index in [0.29, 0.717) is 12.5 Å². The van der Waals surface area contributed by atoms with Crippen molar-refractivity contribution in [3.05, 3.63) is 0 Å². The molecule has 0 bridgehead atoms. The van der Waals surface area contributed by atoms with Crippen molar-refractivity contribution in [1.29, 1.82) is 0 Å². The minimum atomic E-state index is -0.0475. The number of hydrogen-bond acceptors (Lipinski definition) is 2. The maximum Gasteiger partial charge on any atom is 0.0806 e. The van der Waals surface area contributed by atoms with E-state index in [1.807, 2.05) is 6.92 Å². The Kier molecular flexibility index (Phi) is 2.55. The fourth-order valence-corrected chi connectivity index (χ4v) is 1.82. The average Bonchev–Trinajstić information content (AvgIpc) is 2.68. The number of rotatable bonds is 4. The Bertz CT molecular complexity index is 138. The fourth-order valence-electron chi connectivity index (χ4n) is 1.82. The molecule has 2 heteroatoms. The Morgan fingerprint density at radius 1 is 1.64 bits per heavy atom. The minimum Gasteiger partial charge on any atom is -0.374 e. The summed E-state index contributed by atoms with van der Waals surface area (Å²) < 4.78 is 5.65. The normalized spacial score (nSPS) is 34.9. The van der Waals surface area contributed by atoms with Crippen molar-refractivity contribution in [2.75, 3.05) is 13.2 Å². The molecule has 0 amide bonds. The maximum absolute atomic E-state index is 5.67. The van der Waals surface area contributed by atoms with E-state index >= 15 is 0 Å². The molecule has 0 aromatic rings. The van der Waals surface area contributed by atoms with Gasteiger partial charge in [0.15, 0.2) is 0 Å². The summed E-state index contributed by atoms with van der Waals surface area (Å²) in [5, 5.41) is 0. The Morgan fingerprint density at radius 2 is 2.18 bits per heavy atom. The van der Waals surface area contributed by atoms with Crippen molar-refractivity contribution in [1.82, 2.24) is 0 Å². The van der Waals surface area contributed by atoms with Gasteiger partial charge in [-0.05, 0) is 32.1 Å². The Hall–Kier alpha value is -0.0800. The summed E-state index contributed by atoms with van der Waals surface area (Å²) in [7, 11) is 0. The molecule has 1 rings (SSSR count). The first kappa shape index (κ1) is 9.01. The van der Waals surface area contributed by atoms with E-state index in [-0.39, 0.29) is 5.60 Å². The zero-order valence-electron chi connectivity index (χ0n) is 7.76. The number of nitrogens with two attached hydrogens (primary N) is 1. The lowest BCUT2D eigenvalue weighted by atomic mass is 9.99. The highest BCUT2D eigenvalue weighted by Crippen LogP contribution is 2.47. The van der Waals surface area contributed by atoms with Gasteiger partial charge < -0.3 is 10.5 Å². The lowest BCUT2D eigenvalue weighted by Gasteiger charge is -2.28. The van der Waals surface area contributed by atoms with Crippen LogP contribution < -0.4 is 5.73 Å². The summed E-state index contributed by atoms with van der Waals surface area (Å²) in [5.74, 6) is 1.52. The van der Waals surface area contributed by atoms with Gasteiger partial charge in [-0.15, -0.1) is 0 Å². The van der Waals surface area contributed by atoms with Crippen LogP contribution in [0.2, 0.25) is 0 Å². The lowest BCUT2D eigenvalue weighted by molar-refractivity contribution is -0.0377. The third-order valence-corrected chi connectivity index (χ3v) is 2.77. The van der Waals surface area contributed by atoms with E-state index < -0.39 is 0 Å². The Balaban J connectivity index is 2.46. The first-order valence-electron chi connectivity index (χ1n) is 4.48. The molecule has 0 spiro atoms. The van der Waals surface area contributed by atoms with E-state index in [4.69, 9.17) is 10.5 Å². The molecule has 0 saturated heterocycles. The lowest BCUT2D eigenvalue weighted by Crippen LogP contribution is -2.40. The largest absolute Gasteiger partial charge is 0.374 e. The standard InChI is InChI=1S/C9H19NO/c1-4-11-9(3,6-10)8-5-7(8)2/h7-8H,4-6,10H2,1-3H3. The van der Waals surface area contributed by atoms with Gasteiger partial charge in [-0.25, -0.2) is 0 Å². The van der Waals surface area contributed by atoms with Crippen LogP contribution in [0.25, 0.3) is 0 Å². The van der Waals surface area contributed by atoms with Gasteiger partial charge >= 0.3 is 0 Å². The summed E-state index contributed by atoms with van der Waals surface area (Å²) in [6, 6.07) is 0. The van der Waals surface area contributed by atoms with Gasteiger partial charge in [-0.2, -0.15) is 0 Å². The molecule has 66 valence electrons. The van der Waals surface area contributed by atoms with Gasteiger partial charge in [0, 0.05) is 13.2 Å². The summed E-state index contributed by atoms with van der Waals surface area (Å²) in [4.78, 5) is 0. The molecule has 1 aliphatic rings. The molecule has 0 radical (unpaired) electrons. The molecule has 2 N–H and O–H groups in total. The second-order valence-electron chi connectivity index (χ2n) is 3.77.